The van der Waals surface area contributed by atoms with E-state index in [1.807, 2.05) is 72.8 Å². The Morgan fingerprint density at radius 3 is 1.32 bits per heavy atom. The molecule has 0 fully saturated rings. The van der Waals surface area contributed by atoms with E-state index in [1.165, 1.54) is 5.56 Å². The van der Waals surface area contributed by atoms with Crippen LogP contribution in [-0.2, 0) is 0 Å². The molecular weight excluding hydrogens is 239 g/mol. The van der Waals surface area contributed by atoms with Crippen molar-refractivity contribution in [1.29, 1.82) is 0 Å². The Bertz CT molecular complexity index is 485. The Morgan fingerprint density at radius 1 is 0.579 bits per heavy atom. The standard InChI is InChI=1S/C10H10.C8H8.Na/c1-3-9-7-5-6-8-10(9)4-2;1-2-8-6-4-3-5-7-8;/h3-8H,1-2H2;2-7H,1H2;/q;;+1. The number of rotatable bonds is 3. The minimum Gasteiger partial charge on any atom is -0.0985 e. The molecule has 2 aromatic carbocycles. The van der Waals surface area contributed by atoms with E-state index in [2.05, 4.69) is 19.7 Å². The van der Waals surface area contributed by atoms with E-state index in [1.54, 1.807) is 0 Å². The second kappa shape index (κ2) is 10.6. The molecule has 1 heteroatoms. The van der Waals surface area contributed by atoms with Gasteiger partial charge >= 0.3 is 29.6 Å². The maximum atomic E-state index is 3.69. The molecule has 0 bridgehead atoms. The van der Waals surface area contributed by atoms with Crippen molar-refractivity contribution in [3.63, 3.8) is 0 Å². The molecule has 0 aromatic heterocycles. The van der Waals surface area contributed by atoms with Crippen LogP contribution in [0, 0.1) is 0 Å². The molecule has 19 heavy (non-hydrogen) atoms. The van der Waals surface area contributed by atoms with Gasteiger partial charge in [0, 0.05) is 0 Å². The van der Waals surface area contributed by atoms with Crippen LogP contribution in [0.2, 0.25) is 0 Å². The first-order chi connectivity index (χ1) is 8.81. The van der Waals surface area contributed by atoms with Crippen LogP contribution in [0.3, 0.4) is 0 Å². The zero-order valence-electron chi connectivity index (χ0n) is 11.5. The molecular formula is C18H18Na+. The third-order valence-corrected chi connectivity index (χ3v) is 2.47. The first-order valence-electron chi connectivity index (χ1n) is 5.83. The number of hydrogen-bond acceptors (Lipinski definition) is 0. The second-order valence-corrected chi connectivity index (χ2v) is 3.65. The Hall–Kier alpha value is -1.34. The Balaban J connectivity index is 0.000000331. The largest absolute Gasteiger partial charge is 1.00 e. The van der Waals surface area contributed by atoms with Crippen molar-refractivity contribution in [2.24, 2.45) is 0 Å². The third kappa shape index (κ3) is 6.40. The van der Waals surface area contributed by atoms with Crippen LogP contribution >= 0.6 is 0 Å². The molecule has 0 saturated heterocycles. The molecule has 0 unspecified atom stereocenters. The minimum absolute atomic E-state index is 0. The van der Waals surface area contributed by atoms with E-state index < -0.39 is 0 Å². The van der Waals surface area contributed by atoms with Gasteiger partial charge in [-0.3, -0.25) is 0 Å². The van der Waals surface area contributed by atoms with Gasteiger partial charge in [0.1, 0.15) is 0 Å². The fourth-order valence-electron chi connectivity index (χ4n) is 1.47. The molecule has 0 amide bonds. The van der Waals surface area contributed by atoms with Gasteiger partial charge in [0.2, 0.25) is 0 Å². The molecule has 0 nitrogen and oxygen atoms in total. The molecule has 0 radical (unpaired) electrons. The smallest absolute Gasteiger partial charge is 0.0985 e. The normalized spacial score (nSPS) is 8.21. The molecule has 0 heterocycles. The van der Waals surface area contributed by atoms with Gasteiger partial charge in [0.05, 0.1) is 0 Å². The van der Waals surface area contributed by atoms with Gasteiger partial charge in [-0.1, -0.05) is 92.6 Å². The summed E-state index contributed by atoms with van der Waals surface area (Å²) in [4.78, 5) is 0. The summed E-state index contributed by atoms with van der Waals surface area (Å²) < 4.78 is 0. The van der Waals surface area contributed by atoms with Crippen molar-refractivity contribution < 1.29 is 29.6 Å². The van der Waals surface area contributed by atoms with Crippen molar-refractivity contribution in [3.05, 3.63) is 91.0 Å². The minimum atomic E-state index is 0. The topological polar surface area (TPSA) is 0 Å². The average molecular weight is 257 g/mol. The SMILES string of the molecule is C=Cc1ccccc1.C=Cc1ccccc1C=C.[Na+]. The quantitative estimate of drug-likeness (QED) is 0.740. The van der Waals surface area contributed by atoms with E-state index in [0.717, 1.165) is 11.1 Å². The van der Waals surface area contributed by atoms with Crippen molar-refractivity contribution in [2.75, 3.05) is 0 Å². The van der Waals surface area contributed by atoms with Crippen molar-refractivity contribution in [2.45, 2.75) is 0 Å². The van der Waals surface area contributed by atoms with E-state index in [4.69, 9.17) is 0 Å². The third-order valence-electron chi connectivity index (χ3n) is 2.47. The van der Waals surface area contributed by atoms with E-state index in [0.29, 0.717) is 0 Å². The fraction of sp³-hybridized carbons (Fsp3) is 0. The van der Waals surface area contributed by atoms with Crippen molar-refractivity contribution in [1.82, 2.24) is 0 Å². The summed E-state index contributed by atoms with van der Waals surface area (Å²) in [5, 5.41) is 0. The summed E-state index contributed by atoms with van der Waals surface area (Å²) in [6, 6.07) is 18.0. The maximum absolute atomic E-state index is 3.69. The number of hydrogen-bond donors (Lipinski definition) is 0. The van der Waals surface area contributed by atoms with Crippen LogP contribution in [0.5, 0.6) is 0 Å². The van der Waals surface area contributed by atoms with Gasteiger partial charge in [0.15, 0.2) is 0 Å². The molecule has 2 aromatic rings. The first-order valence-corrected chi connectivity index (χ1v) is 5.83. The average Bonchev–Trinajstić information content (AvgIpc) is 2.48. The predicted octanol–water partition coefficient (Wildman–Crippen LogP) is 2.31. The molecule has 0 aliphatic rings. The van der Waals surface area contributed by atoms with Gasteiger partial charge in [-0.25, -0.2) is 0 Å². The van der Waals surface area contributed by atoms with Crippen LogP contribution < -0.4 is 29.6 Å². The zero-order chi connectivity index (χ0) is 13.2. The van der Waals surface area contributed by atoms with Crippen molar-refractivity contribution >= 4 is 18.2 Å². The molecule has 0 atom stereocenters. The van der Waals surface area contributed by atoms with Crippen LogP contribution in [0.4, 0.5) is 0 Å². The van der Waals surface area contributed by atoms with E-state index in [9.17, 15) is 0 Å². The summed E-state index contributed by atoms with van der Waals surface area (Å²) in [5.41, 5.74) is 3.45. The molecule has 0 N–H and O–H groups in total. The summed E-state index contributed by atoms with van der Waals surface area (Å²) in [6.07, 6.45) is 5.49. The summed E-state index contributed by atoms with van der Waals surface area (Å²) in [6.45, 7) is 11.0. The Kier molecular flexibility index (Phi) is 9.82. The molecule has 2 rings (SSSR count). The van der Waals surface area contributed by atoms with Crippen LogP contribution in [-0.4, -0.2) is 0 Å². The van der Waals surface area contributed by atoms with Gasteiger partial charge in [-0.2, -0.15) is 0 Å². The summed E-state index contributed by atoms with van der Waals surface area (Å²) >= 11 is 0. The molecule has 0 aliphatic heterocycles. The number of benzene rings is 2. The van der Waals surface area contributed by atoms with Gasteiger partial charge in [0.25, 0.3) is 0 Å². The van der Waals surface area contributed by atoms with E-state index in [-0.39, 0.29) is 29.6 Å². The monoisotopic (exact) mass is 257 g/mol. The molecule has 0 saturated carbocycles. The van der Waals surface area contributed by atoms with Crippen LogP contribution in [0.15, 0.2) is 74.3 Å². The van der Waals surface area contributed by atoms with Gasteiger partial charge < -0.3 is 0 Å². The van der Waals surface area contributed by atoms with Gasteiger partial charge in [-0.05, 0) is 16.7 Å². The molecule has 0 spiro atoms. The maximum Gasteiger partial charge on any atom is 1.00 e. The summed E-state index contributed by atoms with van der Waals surface area (Å²) in [7, 11) is 0. The molecule has 90 valence electrons. The second-order valence-electron chi connectivity index (χ2n) is 3.65. The first kappa shape index (κ1) is 17.7. The Morgan fingerprint density at radius 2 is 1.00 bits per heavy atom. The zero-order valence-corrected chi connectivity index (χ0v) is 13.5. The van der Waals surface area contributed by atoms with Gasteiger partial charge in [-0.15, -0.1) is 0 Å². The predicted molar refractivity (Wildman–Crippen MR) is 83.2 cm³/mol. The molecule has 0 aliphatic carbocycles. The van der Waals surface area contributed by atoms with Crippen molar-refractivity contribution in [3.8, 4) is 0 Å². The summed E-state index contributed by atoms with van der Waals surface area (Å²) in [5.74, 6) is 0. The Labute approximate surface area is 138 Å². The van der Waals surface area contributed by atoms with Crippen LogP contribution in [0.1, 0.15) is 16.7 Å². The fourth-order valence-corrected chi connectivity index (χ4v) is 1.47. The van der Waals surface area contributed by atoms with Crippen LogP contribution in [0.25, 0.3) is 18.2 Å². The van der Waals surface area contributed by atoms with E-state index >= 15 is 0 Å².